The van der Waals surface area contributed by atoms with E-state index in [1.807, 2.05) is 0 Å². The molecule has 0 aliphatic rings. The maximum atomic E-state index is 13.8. The van der Waals surface area contributed by atoms with Gasteiger partial charge in [-0.2, -0.15) is 0 Å². The fraction of sp³-hybridized carbons (Fsp3) is 0.0588. The number of aromatic nitrogens is 2. The number of nitrogen functional groups attached to an aromatic ring is 1. The summed E-state index contributed by atoms with van der Waals surface area (Å²) in [6, 6.07) is 7.24. The van der Waals surface area contributed by atoms with Crippen molar-refractivity contribution in [2.24, 2.45) is 0 Å². The number of rotatable bonds is 4. The zero-order valence-electron chi connectivity index (χ0n) is 12.3. The van der Waals surface area contributed by atoms with Crippen LogP contribution >= 0.6 is 11.6 Å². The van der Waals surface area contributed by atoms with Crippen LogP contribution in [-0.4, -0.2) is 9.97 Å². The molecule has 2 aromatic heterocycles. The zero-order valence-corrected chi connectivity index (χ0v) is 13.1. The fourth-order valence-electron chi connectivity index (χ4n) is 2.12. The first-order chi connectivity index (χ1) is 11.6. The van der Waals surface area contributed by atoms with Gasteiger partial charge in [-0.25, -0.2) is 13.8 Å². The Hall–Kier alpha value is -2.73. The number of hydrogen-bond acceptors (Lipinski definition) is 4. The average Bonchev–Trinajstić information content (AvgIpc) is 2.60. The van der Waals surface area contributed by atoms with E-state index in [9.17, 15) is 8.78 Å². The molecule has 0 aliphatic carbocycles. The number of nitrogens with zero attached hydrogens (tertiary/aromatic N) is 2. The predicted molar refractivity (Wildman–Crippen MR) is 87.6 cm³/mol. The van der Waals surface area contributed by atoms with E-state index in [0.29, 0.717) is 0 Å². The van der Waals surface area contributed by atoms with Gasteiger partial charge in [-0.15, -0.1) is 0 Å². The molecule has 4 nitrogen and oxygen atoms in total. The average molecular weight is 348 g/mol. The van der Waals surface area contributed by atoms with Crippen molar-refractivity contribution in [1.82, 2.24) is 9.97 Å². The largest absolute Gasteiger partial charge is 0.485 e. The zero-order chi connectivity index (χ0) is 17.1. The second-order valence-electron chi connectivity index (χ2n) is 4.95. The lowest BCUT2D eigenvalue weighted by atomic mass is 10.1. The number of halogens is 3. The minimum absolute atomic E-state index is 0.0784. The Morgan fingerprint density at radius 3 is 2.50 bits per heavy atom. The molecule has 122 valence electrons. The number of anilines is 1. The maximum absolute atomic E-state index is 13.8. The summed E-state index contributed by atoms with van der Waals surface area (Å²) in [6.45, 7) is -0.270. The molecule has 0 amide bonds. The Morgan fingerprint density at radius 2 is 1.75 bits per heavy atom. The molecule has 1 aromatic carbocycles. The molecule has 0 unspecified atom stereocenters. The van der Waals surface area contributed by atoms with Gasteiger partial charge in [0.25, 0.3) is 0 Å². The molecule has 0 fully saturated rings. The van der Waals surface area contributed by atoms with E-state index in [4.69, 9.17) is 22.1 Å². The van der Waals surface area contributed by atoms with Gasteiger partial charge < -0.3 is 10.5 Å². The van der Waals surface area contributed by atoms with E-state index in [1.165, 1.54) is 0 Å². The number of nitrogens with two attached hydrogens (primary N) is 1. The summed E-state index contributed by atoms with van der Waals surface area (Å²) in [5.74, 6) is -0.976. The standard InChI is InChI=1S/C17H12ClF2N3O/c18-16-12(13(19)1-2-14(16)20)9-24-15-7-11(8-23-17(15)21)10-3-5-22-6-4-10/h1-8H,9H2,(H2,21,23). The number of ether oxygens (including phenoxy) is 1. The van der Waals surface area contributed by atoms with Crippen LogP contribution in [0.3, 0.4) is 0 Å². The summed E-state index contributed by atoms with van der Waals surface area (Å²) < 4.78 is 32.8. The number of hydrogen-bond donors (Lipinski definition) is 1. The van der Waals surface area contributed by atoms with Gasteiger partial charge in [0.2, 0.25) is 0 Å². The van der Waals surface area contributed by atoms with Crippen molar-refractivity contribution in [3.63, 3.8) is 0 Å². The molecule has 2 N–H and O–H groups in total. The molecular weight excluding hydrogens is 336 g/mol. The van der Waals surface area contributed by atoms with Crippen molar-refractivity contribution in [2.75, 3.05) is 5.73 Å². The van der Waals surface area contributed by atoms with Gasteiger partial charge in [0.1, 0.15) is 18.2 Å². The van der Waals surface area contributed by atoms with Crippen molar-refractivity contribution >= 4 is 17.4 Å². The second kappa shape index (κ2) is 6.80. The van der Waals surface area contributed by atoms with Gasteiger partial charge in [0.15, 0.2) is 11.6 Å². The summed E-state index contributed by atoms with van der Waals surface area (Å²) in [4.78, 5) is 8.01. The van der Waals surface area contributed by atoms with E-state index >= 15 is 0 Å². The van der Waals surface area contributed by atoms with E-state index in [2.05, 4.69) is 9.97 Å². The Bertz CT molecular complexity index is 875. The summed E-state index contributed by atoms with van der Waals surface area (Å²) in [7, 11) is 0. The van der Waals surface area contributed by atoms with Crippen molar-refractivity contribution in [3.8, 4) is 16.9 Å². The van der Waals surface area contributed by atoms with Crippen LogP contribution in [0.4, 0.5) is 14.6 Å². The summed E-state index contributed by atoms with van der Waals surface area (Å²) in [6.07, 6.45) is 4.88. The topological polar surface area (TPSA) is 61.0 Å². The highest BCUT2D eigenvalue weighted by molar-refractivity contribution is 6.31. The molecule has 0 atom stereocenters. The highest BCUT2D eigenvalue weighted by Gasteiger charge is 2.14. The molecule has 24 heavy (non-hydrogen) atoms. The molecule has 2 heterocycles. The van der Waals surface area contributed by atoms with E-state index in [1.54, 1.807) is 36.8 Å². The highest BCUT2D eigenvalue weighted by Crippen LogP contribution is 2.29. The Morgan fingerprint density at radius 1 is 1.04 bits per heavy atom. The maximum Gasteiger partial charge on any atom is 0.166 e. The van der Waals surface area contributed by atoms with Crippen molar-refractivity contribution < 1.29 is 13.5 Å². The summed E-state index contributed by atoms with van der Waals surface area (Å²) in [5.41, 5.74) is 7.34. The number of pyridine rings is 2. The van der Waals surface area contributed by atoms with Crippen molar-refractivity contribution in [1.29, 1.82) is 0 Å². The van der Waals surface area contributed by atoms with Crippen LogP contribution in [0.1, 0.15) is 5.56 Å². The Kier molecular flexibility index (Phi) is 4.57. The van der Waals surface area contributed by atoms with Crippen LogP contribution in [0.15, 0.2) is 48.9 Å². The predicted octanol–water partition coefficient (Wildman–Crippen LogP) is 4.24. The molecule has 0 bridgehead atoms. The first kappa shape index (κ1) is 16.1. The monoisotopic (exact) mass is 347 g/mol. The first-order valence-electron chi connectivity index (χ1n) is 6.97. The van der Waals surface area contributed by atoms with Gasteiger partial charge in [-0.3, -0.25) is 4.98 Å². The summed E-state index contributed by atoms with van der Waals surface area (Å²) in [5, 5.41) is -0.313. The smallest absolute Gasteiger partial charge is 0.166 e. The first-order valence-corrected chi connectivity index (χ1v) is 7.35. The molecule has 0 aliphatic heterocycles. The SMILES string of the molecule is Nc1ncc(-c2ccncc2)cc1OCc1c(F)ccc(F)c1Cl. The highest BCUT2D eigenvalue weighted by atomic mass is 35.5. The van der Waals surface area contributed by atoms with Crippen molar-refractivity contribution in [3.05, 3.63) is 71.1 Å². The van der Waals surface area contributed by atoms with Crippen LogP contribution in [0.25, 0.3) is 11.1 Å². The van der Waals surface area contributed by atoms with Gasteiger partial charge in [0.05, 0.1) is 5.02 Å². The van der Waals surface area contributed by atoms with Crippen LogP contribution in [0, 0.1) is 11.6 Å². The van der Waals surface area contributed by atoms with Crippen LogP contribution < -0.4 is 10.5 Å². The lowest BCUT2D eigenvalue weighted by Crippen LogP contribution is -2.04. The quantitative estimate of drug-likeness (QED) is 0.717. The van der Waals surface area contributed by atoms with E-state index in [0.717, 1.165) is 23.3 Å². The minimum atomic E-state index is -0.715. The minimum Gasteiger partial charge on any atom is -0.485 e. The Labute approximate surface area is 141 Å². The molecule has 0 spiro atoms. The van der Waals surface area contributed by atoms with Gasteiger partial charge in [0, 0.05) is 29.7 Å². The molecule has 7 heteroatoms. The van der Waals surface area contributed by atoms with Gasteiger partial charge in [-0.05, 0) is 35.9 Å². The molecule has 3 rings (SSSR count). The van der Waals surface area contributed by atoms with Crippen LogP contribution in [0.5, 0.6) is 5.75 Å². The molecule has 3 aromatic rings. The van der Waals surface area contributed by atoms with E-state index in [-0.39, 0.29) is 28.8 Å². The third-order valence-electron chi connectivity index (χ3n) is 3.41. The summed E-state index contributed by atoms with van der Waals surface area (Å²) >= 11 is 5.78. The lowest BCUT2D eigenvalue weighted by Gasteiger charge is -2.12. The number of benzene rings is 1. The second-order valence-corrected chi connectivity index (χ2v) is 5.33. The Balaban J connectivity index is 1.87. The molecular formula is C17H12ClF2N3O. The van der Waals surface area contributed by atoms with Crippen LogP contribution in [0.2, 0.25) is 5.02 Å². The van der Waals surface area contributed by atoms with Crippen LogP contribution in [-0.2, 0) is 6.61 Å². The fourth-order valence-corrected chi connectivity index (χ4v) is 2.33. The van der Waals surface area contributed by atoms with Gasteiger partial charge in [-0.1, -0.05) is 11.6 Å². The molecule has 0 saturated heterocycles. The third kappa shape index (κ3) is 3.28. The lowest BCUT2D eigenvalue weighted by molar-refractivity contribution is 0.300. The normalized spacial score (nSPS) is 10.6. The third-order valence-corrected chi connectivity index (χ3v) is 3.82. The van der Waals surface area contributed by atoms with Gasteiger partial charge >= 0.3 is 0 Å². The molecule has 0 radical (unpaired) electrons. The molecule has 0 saturated carbocycles. The van der Waals surface area contributed by atoms with E-state index < -0.39 is 11.6 Å². The van der Waals surface area contributed by atoms with Crippen molar-refractivity contribution in [2.45, 2.75) is 6.61 Å².